The van der Waals surface area contributed by atoms with Crippen LogP contribution in [0.3, 0.4) is 0 Å². The molecule has 8 nitrogen and oxygen atoms in total. The van der Waals surface area contributed by atoms with Crippen LogP contribution in [-0.2, 0) is 13.6 Å². The number of aryl methyl sites for hydroxylation is 1. The maximum atomic E-state index is 11.9. The zero-order valence-electron chi connectivity index (χ0n) is 12.8. The van der Waals surface area contributed by atoms with Gasteiger partial charge in [0.15, 0.2) is 0 Å². The number of H-pyrrole nitrogens is 1. The van der Waals surface area contributed by atoms with Gasteiger partial charge < -0.3 is 18.7 Å². The summed E-state index contributed by atoms with van der Waals surface area (Å²) in [5.74, 6) is -0.112. The lowest BCUT2D eigenvalue weighted by Gasteiger charge is -2.17. The molecule has 124 valence electrons. The number of hydrogen-bond acceptors (Lipinski definition) is 6. The molecule has 0 bridgehead atoms. The molecular formula is C13H21N2O6P. The van der Waals surface area contributed by atoms with E-state index in [1.165, 1.54) is 18.8 Å². The predicted molar refractivity (Wildman–Crippen MR) is 80.7 cm³/mol. The second kappa shape index (κ2) is 7.48. The highest BCUT2D eigenvalue weighted by molar-refractivity contribution is 7.41. The summed E-state index contributed by atoms with van der Waals surface area (Å²) in [4.78, 5) is 25.6. The summed E-state index contributed by atoms with van der Waals surface area (Å²) in [6.07, 6.45) is 1.99. The molecule has 0 amide bonds. The minimum Gasteiger partial charge on any atom is -0.393 e. The van der Waals surface area contributed by atoms with Crippen molar-refractivity contribution >= 4 is 8.60 Å². The zero-order chi connectivity index (χ0) is 16.3. The largest absolute Gasteiger partial charge is 0.393 e. The van der Waals surface area contributed by atoms with Crippen molar-refractivity contribution in [2.45, 2.75) is 31.9 Å². The van der Waals surface area contributed by atoms with Crippen molar-refractivity contribution in [3.8, 4) is 0 Å². The smallest absolute Gasteiger partial charge is 0.332 e. The van der Waals surface area contributed by atoms with Gasteiger partial charge >= 0.3 is 14.3 Å². The number of nitrogens with zero attached hydrogens (tertiary/aromatic N) is 1. The molecule has 1 heterocycles. The second-order valence-electron chi connectivity index (χ2n) is 5.32. The van der Waals surface area contributed by atoms with Gasteiger partial charge in [-0.25, -0.2) is 4.79 Å². The van der Waals surface area contributed by atoms with Gasteiger partial charge in [-0.05, 0) is 19.8 Å². The molecule has 1 aliphatic carbocycles. The summed E-state index contributed by atoms with van der Waals surface area (Å²) >= 11 is 0. The fourth-order valence-corrected chi connectivity index (χ4v) is 3.35. The number of rotatable bonds is 6. The van der Waals surface area contributed by atoms with Gasteiger partial charge in [0.2, 0.25) is 0 Å². The van der Waals surface area contributed by atoms with E-state index in [9.17, 15) is 14.7 Å². The first-order chi connectivity index (χ1) is 10.5. The van der Waals surface area contributed by atoms with E-state index in [0.717, 1.165) is 0 Å². The van der Waals surface area contributed by atoms with E-state index in [1.54, 1.807) is 13.1 Å². The molecule has 1 saturated carbocycles. The van der Waals surface area contributed by atoms with Crippen molar-refractivity contribution in [1.82, 2.24) is 9.55 Å². The average Bonchev–Trinajstić information content (AvgIpc) is 2.85. The Morgan fingerprint density at radius 1 is 1.36 bits per heavy atom. The molecular weight excluding hydrogens is 311 g/mol. The average molecular weight is 332 g/mol. The Hall–Kier alpha value is -1.05. The fraction of sp³-hybridized carbons (Fsp3) is 0.692. The van der Waals surface area contributed by atoms with Crippen LogP contribution in [0.15, 0.2) is 15.8 Å². The molecule has 3 atom stereocenters. The Balaban J connectivity index is 2.06. The molecule has 0 aromatic carbocycles. The molecule has 1 aliphatic rings. The number of aromatic nitrogens is 2. The van der Waals surface area contributed by atoms with E-state index in [-0.39, 0.29) is 17.5 Å². The molecule has 1 fully saturated rings. The third-order valence-electron chi connectivity index (χ3n) is 3.86. The Bertz CT molecular complexity index is 611. The number of aliphatic hydroxyl groups is 1. The van der Waals surface area contributed by atoms with E-state index >= 15 is 0 Å². The van der Waals surface area contributed by atoms with E-state index < -0.39 is 20.4 Å². The summed E-state index contributed by atoms with van der Waals surface area (Å²) in [7, 11) is 1.58. The summed E-state index contributed by atoms with van der Waals surface area (Å²) in [5, 5.41) is 10.2. The Kier molecular flexibility index (Phi) is 5.88. The van der Waals surface area contributed by atoms with Gasteiger partial charge in [0.1, 0.15) is 0 Å². The first-order valence-corrected chi connectivity index (χ1v) is 8.07. The zero-order valence-corrected chi connectivity index (χ0v) is 13.7. The van der Waals surface area contributed by atoms with E-state index in [2.05, 4.69) is 4.98 Å². The van der Waals surface area contributed by atoms with Crippen LogP contribution in [-0.4, -0.2) is 41.6 Å². The van der Waals surface area contributed by atoms with E-state index in [4.69, 9.17) is 13.6 Å². The first-order valence-electron chi connectivity index (χ1n) is 6.97. The Morgan fingerprint density at radius 3 is 2.68 bits per heavy atom. The van der Waals surface area contributed by atoms with Gasteiger partial charge in [-0.3, -0.25) is 14.3 Å². The van der Waals surface area contributed by atoms with Crippen LogP contribution in [0, 0.1) is 12.8 Å². The van der Waals surface area contributed by atoms with Gasteiger partial charge in [0.25, 0.3) is 5.56 Å². The molecule has 0 radical (unpaired) electrons. The summed E-state index contributed by atoms with van der Waals surface area (Å²) in [6.45, 7) is 1.94. The van der Waals surface area contributed by atoms with Crippen LogP contribution in [0.1, 0.15) is 24.4 Å². The molecule has 3 unspecified atom stereocenters. The van der Waals surface area contributed by atoms with Crippen LogP contribution in [0.25, 0.3) is 0 Å². The van der Waals surface area contributed by atoms with Gasteiger partial charge in [-0.1, -0.05) is 0 Å². The number of nitrogens with one attached hydrogen (secondary N) is 1. The standard InChI is InChI=1S/C13H21N2O6P/c1-8-6-15(13(18)14-12(8)17)10-4-9(11(16)5-10)7-21-22(19-2)20-3/h6,9-11,16H,4-5,7H2,1-3H3,(H,14,17,18). The molecule has 0 aliphatic heterocycles. The molecule has 1 aromatic rings. The van der Waals surface area contributed by atoms with Crippen LogP contribution < -0.4 is 11.2 Å². The topological polar surface area (TPSA) is 103 Å². The monoisotopic (exact) mass is 332 g/mol. The minimum absolute atomic E-state index is 0.112. The van der Waals surface area contributed by atoms with Crippen LogP contribution in [0.5, 0.6) is 0 Å². The Labute approximate surface area is 129 Å². The normalized spacial score (nSPS) is 25.0. The van der Waals surface area contributed by atoms with E-state index in [1.807, 2.05) is 0 Å². The molecule has 2 rings (SSSR count). The first kappa shape index (κ1) is 17.3. The highest BCUT2D eigenvalue weighted by Crippen LogP contribution is 2.41. The minimum atomic E-state index is -1.40. The van der Waals surface area contributed by atoms with Gasteiger partial charge in [-0.15, -0.1) is 0 Å². The SMILES string of the molecule is COP(OC)OCC1CC(n2cc(C)c(=O)[nH]c2=O)CC1O. The summed E-state index contributed by atoms with van der Waals surface area (Å²) in [6, 6.07) is -0.164. The van der Waals surface area contributed by atoms with Crippen molar-refractivity contribution in [3.05, 3.63) is 32.6 Å². The molecule has 1 aromatic heterocycles. The quantitative estimate of drug-likeness (QED) is 0.743. The fourth-order valence-electron chi connectivity index (χ4n) is 2.67. The predicted octanol–water partition coefficient (Wildman–Crippen LogP) is 0.693. The molecule has 0 saturated heterocycles. The summed E-state index contributed by atoms with van der Waals surface area (Å²) in [5.41, 5.74) is -0.369. The number of aliphatic hydroxyl groups excluding tert-OH is 1. The highest BCUT2D eigenvalue weighted by atomic mass is 31.2. The molecule has 22 heavy (non-hydrogen) atoms. The number of aromatic amines is 1. The van der Waals surface area contributed by atoms with Gasteiger partial charge in [0.05, 0.1) is 12.7 Å². The Morgan fingerprint density at radius 2 is 2.05 bits per heavy atom. The number of hydrogen-bond donors (Lipinski definition) is 2. The van der Waals surface area contributed by atoms with Crippen molar-refractivity contribution in [3.63, 3.8) is 0 Å². The lowest BCUT2D eigenvalue weighted by molar-refractivity contribution is 0.0884. The van der Waals surface area contributed by atoms with Crippen molar-refractivity contribution in [2.24, 2.45) is 5.92 Å². The summed E-state index contributed by atoms with van der Waals surface area (Å²) < 4.78 is 16.9. The van der Waals surface area contributed by atoms with Gasteiger partial charge in [0, 0.05) is 37.9 Å². The lowest BCUT2D eigenvalue weighted by atomic mass is 10.1. The second-order valence-corrected chi connectivity index (χ2v) is 6.75. The molecule has 0 spiro atoms. The maximum absolute atomic E-state index is 11.9. The van der Waals surface area contributed by atoms with Crippen molar-refractivity contribution < 1.29 is 18.7 Å². The van der Waals surface area contributed by atoms with Gasteiger partial charge in [-0.2, -0.15) is 0 Å². The maximum Gasteiger partial charge on any atom is 0.332 e. The van der Waals surface area contributed by atoms with Crippen LogP contribution >= 0.6 is 8.60 Å². The van der Waals surface area contributed by atoms with Crippen LogP contribution in [0.4, 0.5) is 0 Å². The van der Waals surface area contributed by atoms with Crippen molar-refractivity contribution in [1.29, 1.82) is 0 Å². The highest BCUT2D eigenvalue weighted by Gasteiger charge is 2.35. The van der Waals surface area contributed by atoms with Crippen molar-refractivity contribution in [2.75, 3.05) is 20.8 Å². The lowest BCUT2D eigenvalue weighted by Crippen LogP contribution is -2.32. The molecule has 2 N–H and O–H groups in total. The van der Waals surface area contributed by atoms with E-state index in [0.29, 0.717) is 25.0 Å². The third-order valence-corrected chi connectivity index (χ3v) is 4.82. The van der Waals surface area contributed by atoms with Crippen LogP contribution in [0.2, 0.25) is 0 Å². The molecule has 9 heteroatoms. The third kappa shape index (κ3) is 3.83.